The Labute approximate surface area is 83.3 Å². The van der Waals surface area contributed by atoms with Gasteiger partial charge in [-0.25, -0.2) is 4.98 Å². The van der Waals surface area contributed by atoms with Crippen LogP contribution in [0, 0.1) is 0 Å². The Morgan fingerprint density at radius 1 is 1.50 bits per heavy atom. The Balaban J connectivity index is 2.78. The summed E-state index contributed by atoms with van der Waals surface area (Å²) < 4.78 is 2.89. The number of pyridine rings is 1. The van der Waals surface area contributed by atoms with Crippen LogP contribution in [0.15, 0.2) is 29.0 Å². The largest absolute Gasteiger partial charge is 0.294 e. The fourth-order valence-corrected chi connectivity index (χ4v) is 1.98. The van der Waals surface area contributed by atoms with E-state index in [0.29, 0.717) is 5.88 Å². The molecule has 0 aromatic carbocycles. The summed E-state index contributed by atoms with van der Waals surface area (Å²) in [4.78, 5) is 4.31. The van der Waals surface area contributed by atoms with Crippen LogP contribution in [0.25, 0.3) is 5.65 Å². The molecule has 0 aliphatic heterocycles. The van der Waals surface area contributed by atoms with Gasteiger partial charge in [0.2, 0.25) is 0 Å². The molecule has 0 atom stereocenters. The molecular formula is C8H6BrClN2. The van der Waals surface area contributed by atoms with Gasteiger partial charge in [-0.15, -0.1) is 11.6 Å². The van der Waals surface area contributed by atoms with Crippen molar-refractivity contribution >= 4 is 33.2 Å². The standard InChI is InChI=1S/C8H6BrClN2/c9-8-6(5-10)11-7-3-1-2-4-12(7)8/h1-4H,5H2. The summed E-state index contributed by atoms with van der Waals surface area (Å²) in [5, 5.41) is 0. The zero-order valence-electron chi connectivity index (χ0n) is 6.17. The van der Waals surface area contributed by atoms with E-state index in [1.54, 1.807) is 0 Å². The molecule has 0 saturated carbocycles. The Morgan fingerprint density at radius 2 is 2.33 bits per heavy atom. The maximum absolute atomic E-state index is 5.70. The second-order valence-corrected chi connectivity index (χ2v) is 3.43. The van der Waals surface area contributed by atoms with E-state index in [1.807, 2.05) is 28.8 Å². The second kappa shape index (κ2) is 3.07. The van der Waals surface area contributed by atoms with Gasteiger partial charge in [0.1, 0.15) is 10.3 Å². The summed E-state index contributed by atoms with van der Waals surface area (Å²) >= 11 is 9.13. The maximum atomic E-state index is 5.70. The third-order valence-corrected chi connectivity index (χ3v) is 2.76. The zero-order chi connectivity index (χ0) is 8.55. The first kappa shape index (κ1) is 8.08. The molecule has 2 aromatic heterocycles. The van der Waals surface area contributed by atoms with Gasteiger partial charge in [-0.05, 0) is 28.1 Å². The van der Waals surface area contributed by atoms with Gasteiger partial charge in [0.15, 0.2) is 0 Å². The quantitative estimate of drug-likeness (QED) is 0.706. The summed E-state index contributed by atoms with van der Waals surface area (Å²) in [6.45, 7) is 0. The minimum atomic E-state index is 0.433. The third kappa shape index (κ3) is 1.13. The average Bonchev–Trinajstić information content (AvgIpc) is 2.44. The van der Waals surface area contributed by atoms with Crippen LogP contribution in [-0.2, 0) is 5.88 Å². The molecule has 2 aromatic rings. The Morgan fingerprint density at radius 3 is 3.00 bits per heavy atom. The molecule has 0 spiro atoms. The summed E-state index contributed by atoms with van der Waals surface area (Å²) in [5.74, 6) is 0.433. The van der Waals surface area contributed by atoms with Gasteiger partial charge in [-0.1, -0.05) is 6.07 Å². The maximum Gasteiger partial charge on any atom is 0.137 e. The lowest BCUT2D eigenvalue weighted by Gasteiger charge is -1.91. The van der Waals surface area contributed by atoms with Crippen LogP contribution in [0.3, 0.4) is 0 Å². The number of hydrogen-bond donors (Lipinski definition) is 0. The van der Waals surface area contributed by atoms with Crippen LogP contribution in [0.5, 0.6) is 0 Å². The van der Waals surface area contributed by atoms with Crippen molar-refractivity contribution in [2.24, 2.45) is 0 Å². The molecule has 0 saturated heterocycles. The molecule has 0 N–H and O–H groups in total. The minimum absolute atomic E-state index is 0.433. The van der Waals surface area contributed by atoms with E-state index in [-0.39, 0.29) is 0 Å². The van der Waals surface area contributed by atoms with Crippen molar-refractivity contribution in [3.8, 4) is 0 Å². The van der Waals surface area contributed by atoms with Crippen LogP contribution in [0.1, 0.15) is 5.69 Å². The molecule has 12 heavy (non-hydrogen) atoms. The van der Waals surface area contributed by atoms with E-state index in [4.69, 9.17) is 11.6 Å². The highest BCUT2D eigenvalue weighted by molar-refractivity contribution is 9.10. The first-order valence-electron chi connectivity index (χ1n) is 3.50. The van der Waals surface area contributed by atoms with Crippen molar-refractivity contribution in [2.75, 3.05) is 0 Å². The van der Waals surface area contributed by atoms with Gasteiger partial charge in [0.05, 0.1) is 11.6 Å². The lowest BCUT2D eigenvalue weighted by molar-refractivity contribution is 1.14. The molecule has 4 heteroatoms. The molecule has 2 rings (SSSR count). The van der Waals surface area contributed by atoms with Gasteiger partial charge in [0.25, 0.3) is 0 Å². The van der Waals surface area contributed by atoms with Crippen molar-refractivity contribution in [1.82, 2.24) is 9.38 Å². The van der Waals surface area contributed by atoms with Crippen LogP contribution < -0.4 is 0 Å². The first-order chi connectivity index (χ1) is 5.83. The number of nitrogens with zero attached hydrogens (tertiary/aromatic N) is 2. The molecule has 0 radical (unpaired) electrons. The average molecular weight is 246 g/mol. The zero-order valence-corrected chi connectivity index (χ0v) is 8.51. The predicted molar refractivity (Wildman–Crippen MR) is 52.4 cm³/mol. The van der Waals surface area contributed by atoms with E-state index in [9.17, 15) is 0 Å². The van der Waals surface area contributed by atoms with Crippen molar-refractivity contribution in [3.63, 3.8) is 0 Å². The number of alkyl halides is 1. The molecule has 0 fully saturated rings. The van der Waals surface area contributed by atoms with E-state index < -0.39 is 0 Å². The summed E-state index contributed by atoms with van der Waals surface area (Å²) in [7, 11) is 0. The van der Waals surface area contributed by atoms with Gasteiger partial charge in [-0.2, -0.15) is 0 Å². The lowest BCUT2D eigenvalue weighted by atomic mass is 10.5. The van der Waals surface area contributed by atoms with Crippen LogP contribution in [0.4, 0.5) is 0 Å². The number of fused-ring (bicyclic) bond motifs is 1. The Bertz CT molecular complexity index is 410. The molecule has 0 amide bonds. The van der Waals surface area contributed by atoms with Gasteiger partial charge < -0.3 is 0 Å². The Kier molecular flexibility index (Phi) is 2.07. The van der Waals surface area contributed by atoms with Crippen molar-refractivity contribution < 1.29 is 0 Å². The summed E-state index contributed by atoms with van der Waals surface area (Å²) in [5.41, 5.74) is 1.79. The van der Waals surface area contributed by atoms with Gasteiger partial charge in [0, 0.05) is 6.20 Å². The van der Waals surface area contributed by atoms with Crippen molar-refractivity contribution in [1.29, 1.82) is 0 Å². The third-order valence-electron chi connectivity index (χ3n) is 1.66. The highest BCUT2D eigenvalue weighted by Gasteiger charge is 2.06. The van der Waals surface area contributed by atoms with Crippen molar-refractivity contribution in [3.05, 3.63) is 34.7 Å². The van der Waals surface area contributed by atoms with Crippen LogP contribution in [0.2, 0.25) is 0 Å². The molecule has 2 nitrogen and oxygen atoms in total. The highest BCUT2D eigenvalue weighted by atomic mass is 79.9. The van der Waals surface area contributed by atoms with E-state index in [2.05, 4.69) is 20.9 Å². The molecule has 0 aliphatic rings. The van der Waals surface area contributed by atoms with E-state index in [1.165, 1.54) is 0 Å². The molecule has 2 heterocycles. The number of rotatable bonds is 1. The number of aromatic nitrogens is 2. The van der Waals surface area contributed by atoms with Crippen LogP contribution in [-0.4, -0.2) is 9.38 Å². The fourth-order valence-electron chi connectivity index (χ4n) is 1.10. The molecule has 0 unspecified atom stereocenters. The topological polar surface area (TPSA) is 17.3 Å². The molecule has 0 bridgehead atoms. The lowest BCUT2D eigenvalue weighted by Crippen LogP contribution is -1.81. The highest BCUT2D eigenvalue weighted by Crippen LogP contribution is 2.19. The fraction of sp³-hybridized carbons (Fsp3) is 0.125. The molecule has 62 valence electrons. The summed E-state index contributed by atoms with van der Waals surface area (Å²) in [6.07, 6.45) is 1.95. The minimum Gasteiger partial charge on any atom is -0.294 e. The number of imidazole rings is 1. The normalized spacial score (nSPS) is 10.8. The van der Waals surface area contributed by atoms with Crippen molar-refractivity contribution in [2.45, 2.75) is 5.88 Å². The smallest absolute Gasteiger partial charge is 0.137 e. The van der Waals surface area contributed by atoms with E-state index >= 15 is 0 Å². The monoisotopic (exact) mass is 244 g/mol. The SMILES string of the molecule is ClCc1nc2ccccn2c1Br. The van der Waals surface area contributed by atoms with Gasteiger partial charge >= 0.3 is 0 Å². The summed E-state index contributed by atoms with van der Waals surface area (Å²) in [6, 6.07) is 5.85. The molecule has 0 aliphatic carbocycles. The first-order valence-corrected chi connectivity index (χ1v) is 4.83. The molecular weight excluding hydrogens is 239 g/mol. The van der Waals surface area contributed by atoms with E-state index in [0.717, 1.165) is 15.9 Å². The number of hydrogen-bond acceptors (Lipinski definition) is 1. The Hall–Kier alpha value is -0.540. The predicted octanol–water partition coefficient (Wildman–Crippen LogP) is 2.84. The second-order valence-electron chi connectivity index (χ2n) is 2.41. The van der Waals surface area contributed by atoms with Crippen LogP contribution >= 0.6 is 27.5 Å². The van der Waals surface area contributed by atoms with Gasteiger partial charge in [-0.3, -0.25) is 4.40 Å². The number of halogens is 2.